The molecule has 1 aliphatic rings. The van der Waals surface area contributed by atoms with E-state index in [9.17, 15) is 9.90 Å². The van der Waals surface area contributed by atoms with Crippen molar-refractivity contribution < 1.29 is 9.90 Å². The highest BCUT2D eigenvalue weighted by Gasteiger charge is 2.37. The molecule has 0 radical (unpaired) electrons. The summed E-state index contributed by atoms with van der Waals surface area (Å²) < 4.78 is 0. The Morgan fingerprint density at radius 2 is 2.36 bits per heavy atom. The average molecular weight is 157 g/mol. The summed E-state index contributed by atoms with van der Waals surface area (Å²) in [5, 5.41) is 14.1. The van der Waals surface area contributed by atoms with E-state index in [0.29, 0.717) is 6.54 Å². The van der Waals surface area contributed by atoms with Crippen molar-refractivity contribution in [3.05, 3.63) is 0 Å². The average Bonchev–Trinajstić information content (AvgIpc) is 2.07. The molecule has 0 aromatic heterocycles. The number of carbonyl (C=O) groups is 1. The maximum Gasteiger partial charge on any atom is 0.322 e. The lowest BCUT2D eigenvalue weighted by atomic mass is 10.2. The van der Waals surface area contributed by atoms with Crippen LogP contribution in [0.3, 0.4) is 0 Å². The van der Waals surface area contributed by atoms with Crippen molar-refractivity contribution in [2.45, 2.75) is 19.6 Å². The van der Waals surface area contributed by atoms with Crippen molar-refractivity contribution in [2.75, 3.05) is 6.54 Å². The van der Waals surface area contributed by atoms with Crippen molar-refractivity contribution in [2.24, 2.45) is 4.99 Å². The standard InChI is InChI=1S/C6H11N3O2/c1-3-7-4-6(2,11)9-5(10)8-4/h11H,3H2,1-2H3,(H2,7,8,9,10). The van der Waals surface area contributed by atoms with Crippen molar-refractivity contribution in [1.82, 2.24) is 10.6 Å². The van der Waals surface area contributed by atoms with Crippen LogP contribution in [0.25, 0.3) is 0 Å². The molecular weight excluding hydrogens is 146 g/mol. The Bertz CT molecular complexity index is 210. The molecule has 1 unspecified atom stereocenters. The summed E-state index contributed by atoms with van der Waals surface area (Å²) in [6.45, 7) is 3.83. The fourth-order valence-corrected chi connectivity index (χ4v) is 0.892. The Hall–Kier alpha value is -1.10. The molecule has 5 heteroatoms. The highest BCUT2D eigenvalue weighted by molar-refractivity contribution is 6.08. The largest absolute Gasteiger partial charge is 0.365 e. The molecule has 62 valence electrons. The minimum absolute atomic E-state index is 0.282. The molecule has 0 aromatic carbocycles. The van der Waals surface area contributed by atoms with Gasteiger partial charge in [0.1, 0.15) is 0 Å². The molecule has 0 aromatic rings. The van der Waals surface area contributed by atoms with E-state index in [1.54, 1.807) is 0 Å². The predicted octanol–water partition coefficient (Wildman–Crippen LogP) is -0.574. The normalized spacial score (nSPS) is 33.7. The van der Waals surface area contributed by atoms with Gasteiger partial charge in [-0.2, -0.15) is 0 Å². The van der Waals surface area contributed by atoms with Crippen LogP contribution >= 0.6 is 0 Å². The van der Waals surface area contributed by atoms with Gasteiger partial charge in [-0.3, -0.25) is 10.3 Å². The number of urea groups is 1. The Kier molecular flexibility index (Phi) is 1.82. The zero-order valence-corrected chi connectivity index (χ0v) is 6.51. The number of amidine groups is 1. The molecule has 11 heavy (non-hydrogen) atoms. The summed E-state index contributed by atoms with van der Waals surface area (Å²) in [5.74, 6) is 0.282. The molecule has 0 aliphatic carbocycles. The molecule has 1 heterocycles. The first-order valence-corrected chi connectivity index (χ1v) is 3.42. The first kappa shape index (κ1) is 8.00. The molecule has 1 rings (SSSR count). The quantitative estimate of drug-likeness (QED) is 0.476. The first-order chi connectivity index (χ1) is 5.06. The zero-order chi connectivity index (χ0) is 8.48. The number of carbonyl (C=O) groups excluding carboxylic acids is 1. The maximum absolute atomic E-state index is 10.7. The predicted molar refractivity (Wildman–Crippen MR) is 40.3 cm³/mol. The summed E-state index contributed by atoms with van der Waals surface area (Å²) >= 11 is 0. The van der Waals surface area contributed by atoms with E-state index in [1.807, 2.05) is 6.92 Å². The first-order valence-electron chi connectivity index (χ1n) is 3.42. The minimum Gasteiger partial charge on any atom is -0.365 e. The van der Waals surface area contributed by atoms with E-state index >= 15 is 0 Å². The smallest absolute Gasteiger partial charge is 0.322 e. The SMILES string of the molecule is CCN=C1NC(=O)NC1(C)O. The maximum atomic E-state index is 10.7. The van der Waals surface area contributed by atoms with E-state index in [2.05, 4.69) is 15.6 Å². The minimum atomic E-state index is -1.33. The Labute approximate surface area is 64.5 Å². The monoisotopic (exact) mass is 157 g/mol. The summed E-state index contributed by atoms with van der Waals surface area (Å²) in [6, 6.07) is -0.415. The number of aliphatic imine (C=N–C) groups is 1. The van der Waals surface area contributed by atoms with Gasteiger partial charge in [0, 0.05) is 6.54 Å². The van der Waals surface area contributed by atoms with Crippen LogP contribution in [0.15, 0.2) is 4.99 Å². The Morgan fingerprint density at radius 3 is 2.73 bits per heavy atom. The lowest BCUT2D eigenvalue weighted by Crippen LogP contribution is -2.43. The molecule has 5 nitrogen and oxygen atoms in total. The van der Waals surface area contributed by atoms with Crippen LogP contribution in [0.5, 0.6) is 0 Å². The van der Waals surface area contributed by atoms with Crippen LogP contribution in [0.4, 0.5) is 4.79 Å². The van der Waals surface area contributed by atoms with Crippen LogP contribution in [0.1, 0.15) is 13.8 Å². The Morgan fingerprint density at radius 1 is 1.73 bits per heavy atom. The van der Waals surface area contributed by atoms with Gasteiger partial charge < -0.3 is 10.4 Å². The molecule has 0 spiro atoms. The zero-order valence-electron chi connectivity index (χ0n) is 6.51. The van der Waals surface area contributed by atoms with Crippen molar-refractivity contribution in [3.63, 3.8) is 0 Å². The second-order valence-corrected chi connectivity index (χ2v) is 2.47. The second kappa shape index (κ2) is 2.50. The second-order valence-electron chi connectivity index (χ2n) is 2.47. The lowest BCUT2D eigenvalue weighted by molar-refractivity contribution is 0.114. The number of nitrogens with one attached hydrogen (secondary N) is 2. The van der Waals surface area contributed by atoms with E-state index in [0.717, 1.165) is 0 Å². The van der Waals surface area contributed by atoms with Gasteiger partial charge in [-0.1, -0.05) is 0 Å². The third kappa shape index (κ3) is 1.48. The van der Waals surface area contributed by atoms with Gasteiger partial charge in [-0.15, -0.1) is 0 Å². The number of aliphatic hydroxyl groups is 1. The molecule has 1 saturated heterocycles. The van der Waals surface area contributed by atoms with Gasteiger partial charge >= 0.3 is 6.03 Å². The fourth-order valence-electron chi connectivity index (χ4n) is 0.892. The van der Waals surface area contributed by atoms with Crippen LogP contribution in [-0.2, 0) is 0 Å². The number of hydrogen-bond acceptors (Lipinski definition) is 3. The fraction of sp³-hybridized carbons (Fsp3) is 0.667. The van der Waals surface area contributed by atoms with E-state index in [1.165, 1.54) is 6.92 Å². The highest BCUT2D eigenvalue weighted by atomic mass is 16.3. The van der Waals surface area contributed by atoms with Gasteiger partial charge in [0.05, 0.1) is 0 Å². The van der Waals surface area contributed by atoms with Gasteiger partial charge in [-0.25, -0.2) is 4.79 Å². The number of nitrogens with zero attached hydrogens (tertiary/aromatic N) is 1. The lowest BCUT2D eigenvalue weighted by Gasteiger charge is -2.14. The van der Waals surface area contributed by atoms with Gasteiger partial charge in [0.15, 0.2) is 11.6 Å². The number of rotatable bonds is 1. The molecule has 1 aliphatic heterocycles. The molecule has 1 atom stereocenters. The topological polar surface area (TPSA) is 73.7 Å². The van der Waals surface area contributed by atoms with Gasteiger partial charge in [0.25, 0.3) is 0 Å². The number of amides is 2. The molecular formula is C6H11N3O2. The summed E-state index contributed by atoms with van der Waals surface area (Å²) in [7, 11) is 0. The third-order valence-corrected chi connectivity index (χ3v) is 1.37. The molecule has 1 fully saturated rings. The summed E-state index contributed by atoms with van der Waals surface area (Å²) in [6.07, 6.45) is 0. The molecule has 0 bridgehead atoms. The van der Waals surface area contributed by atoms with Gasteiger partial charge in [0.2, 0.25) is 0 Å². The number of hydrogen-bond donors (Lipinski definition) is 3. The van der Waals surface area contributed by atoms with Crippen LogP contribution in [0.2, 0.25) is 0 Å². The molecule has 2 amide bonds. The van der Waals surface area contributed by atoms with Crippen LogP contribution in [-0.4, -0.2) is 29.2 Å². The van der Waals surface area contributed by atoms with Crippen molar-refractivity contribution >= 4 is 11.9 Å². The molecule has 3 N–H and O–H groups in total. The Balaban J connectivity index is 2.82. The van der Waals surface area contributed by atoms with Crippen LogP contribution in [0, 0.1) is 0 Å². The summed E-state index contributed by atoms with van der Waals surface area (Å²) in [5.41, 5.74) is -1.33. The van der Waals surface area contributed by atoms with Crippen molar-refractivity contribution in [1.29, 1.82) is 0 Å². The summed E-state index contributed by atoms with van der Waals surface area (Å²) in [4.78, 5) is 14.6. The van der Waals surface area contributed by atoms with Gasteiger partial charge in [-0.05, 0) is 13.8 Å². The van der Waals surface area contributed by atoms with E-state index < -0.39 is 11.8 Å². The highest BCUT2D eigenvalue weighted by Crippen LogP contribution is 2.05. The molecule has 0 saturated carbocycles. The van der Waals surface area contributed by atoms with E-state index in [-0.39, 0.29) is 5.84 Å². The van der Waals surface area contributed by atoms with Crippen LogP contribution < -0.4 is 10.6 Å². The van der Waals surface area contributed by atoms with Crippen molar-refractivity contribution in [3.8, 4) is 0 Å². The third-order valence-electron chi connectivity index (χ3n) is 1.37. The van der Waals surface area contributed by atoms with E-state index in [4.69, 9.17) is 0 Å².